The van der Waals surface area contributed by atoms with Gasteiger partial charge in [0.25, 0.3) is 0 Å². The lowest BCUT2D eigenvalue weighted by atomic mass is 10.2. The minimum absolute atomic E-state index is 0.247. The molecule has 1 aromatic heterocycles. The van der Waals surface area contributed by atoms with Crippen LogP contribution in [0.5, 0.6) is 0 Å². The van der Waals surface area contributed by atoms with Crippen molar-refractivity contribution in [3.8, 4) is 0 Å². The van der Waals surface area contributed by atoms with Crippen LogP contribution in [-0.2, 0) is 0 Å². The van der Waals surface area contributed by atoms with E-state index in [1.54, 1.807) is 24.3 Å². The molecule has 0 spiro atoms. The third kappa shape index (κ3) is 4.41. The first-order valence-electron chi connectivity index (χ1n) is 8.76. The van der Waals surface area contributed by atoms with E-state index in [0.717, 1.165) is 23.6 Å². The van der Waals surface area contributed by atoms with Crippen molar-refractivity contribution in [2.45, 2.75) is 20.8 Å². The van der Waals surface area contributed by atoms with Crippen LogP contribution in [0.4, 0.5) is 23.1 Å². The fourth-order valence-corrected chi connectivity index (χ4v) is 2.82. The molecule has 6 nitrogen and oxygen atoms in total. The van der Waals surface area contributed by atoms with Crippen LogP contribution in [0.3, 0.4) is 0 Å². The number of aryl methyl sites for hydroxylation is 2. The van der Waals surface area contributed by atoms with Crippen molar-refractivity contribution in [1.29, 1.82) is 0 Å². The number of carbonyl (C=O) groups is 1. The van der Waals surface area contributed by atoms with E-state index in [1.807, 2.05) is 25.1 Å². The number of aromatic nitrogens is 2. The van der Waals surface area contributed by atoms with E-state index in [1.165, 1.54) is 5.56 Å². The molecule has 0 fully saturated rings. The van der Waals surface area contributed by atoms with Gasteiger partial charge >= 0.3 is 5.97 Å². The average Bonchev–Trinajstić information content (AvgIpc) is 2.62. The summed E-state index contributed by atoms with van der Waals surface area (Å²) < 4.78 is 0. The predicted octanol–water partition coefficient (Wildman–Crippen LogP) is 4.69. The van der Waals surface area contributed by atoms with Gasteiger partial charge in [-0.2, -0.15) is 4.98 Å². The maximum atomic E-state index is 11.0. The van der Waals surface area contributed by atoms with Gasteiger partial charge in [-0.3, -0.25) is 0 Å². The minimum atomic E-state index is -0.946. The van der Waals surface area contributed by atoms with Crippen LogP contribution in [0.2, 0.25) is 0 Å². The number of nitrogens with zero attached hydrogens (tertiary/aromatic N) is 3. The first-order chi connectivity index (χ1) is 13.0. The van der Waals surface area contributed by atoms with Gasteiger partial charge in [0.2, 0.25) is 5.95 Å². The molecule has 0 saturated heterocycles. The molecule has 6 heteroatoms. The Labute approximate surface area is 158 Å². The molecule has 2 N–H and O–H groups in total. The Morgan fingerprint density at radius 3 is 2.44 bits per heavy atom. The standard InChI is InChI=1S/C21H22N4O2/c1-4-25(18-7-5-6-14(2)12-18)21-22-15(3)13-19(24-21)23-17-10-8-16(9-11-17)20(26)27/h5-13H,4H2,1-3H3,(H,26,27)(H,22,23,24). The molecule has 0 aliphatic rings. The van der Waals surface area contributed by atoms with Crippen molar-refractivity contribution < 1.29 is 9.90 Å². The molecule has 27 heavy (non-hydrogen) atoms. The summed E-state index contributed by atoms with van der Waals surface area (Å²) in [6.07, 6.45) is 0. The second-order valence-corrected chi connectivity index (χ2v) is 6.29. The summed E-state index contributed by atoms with van der Waals surface area (Å²) in [6.45, 7) is 6.78. The largest absolute Gasteiger partial charge is 0.478 e. The van der Waals surface area contributed by atoms with Crippen LogP contribution >= 0.6 is 0 Å². The van der Waals surface area contributed by atoms with Crippen molar-refractivity contribution >= 4 is 29.1 Å². The van der Waals surface area contributed by atoms with E-state index >= 15 is 0 Å². The molecule has 0 atom stereocenters. The molecule has 2 aromatic carbocycles. The number of carboxylic acid groups (broad SMARTS) is 1. The van der Waals surface area contributed by atoms with Gasteiger partial charge in [0, 0.05) is 29.7 Å². The van der Waals surface area contributed by atoms with Crippen molar-refractivity contribution in [2.75, 3.05) is 16.8 Å². The first kappa shape index (κ1) is 18.4. The molecule has 3 rings (SSSR count). The number of hydrogen-bond donors (Lipinski definition) is 2. The lowest BCUT2D eigenvalue weighted by molar-refractivity contribution is 0.0697. The molecule has 0 unspecified atom stereocenters. The zero-order valence-electron chi connectivity index (χ0n) is 15.6. The van der Waals surface area contributed by atoms with Crippen LogP contribution in [-0.4, -0.2) is 27.6 Å². The normalized spacial score (nSPS) is 10.5. The molecule has 0 amide bonds. The molecule has 0 aliphatic carbocycles. The number of benzene rings is 2. The summed E-state index contributed by atoms with van der Waals surface area (Å²) in [5, 5.41) is 12.2. The Kier molecular flexibility index (Phi) is 5.35. The summed E-state index contributed by atoms with van der Waals surface area (Å²) in [6, 6.07) is 16.6. The number of hydrogen-bond acceptors (Lipinski definition) is 5. The highest BCUT2D eigenvalue weighted by atomic mass is 16.4. The van der Waals surface area contributed by atoms with Gasteiger partial charge < -0.3 is 15.3 Å². The topological polar surface area (TPSA) is 78.4 Å². The molecule has 1 heterocycles. The van der Waals surface area contributed by atoms with Crippen LogP contribution < -0.4 is 10.2 Å². The van der Waals surface area contributed by atoms with Crippen LogP contribution in [0, 0.1) is 13.8 Å². The number of nitrogens with one attached hydrogen (secondary N) is 1. The minimum Gasteiger partial charge on any atom is -0.478 e. The third-order valence-electron chi connectivity index (χ3n) is 4.12. The summed E-state index contributed by atoms with van der Waals surface area (Å²) in [4.78, 5) is 22.3. The zero-order valence-corrected chi connectivity index (χ0v) is 15.6. The van der Waals surface area contributed by atoms with E-state index in [0.29, 0.717) is 11.8 Å². The SMILES string of the molecule is CCN(c1cccc(C)c1)c1nc(C)cc(Nc2ccc(C(=O)O)cc2)n1. The van der Waals surface area contributed by atoms with Gasteiger partial charge in [0.15, 0.2) is 0 Å². The molecule has 0 bridgehead atoms. The summed E-state index contributed by atoms with van der Waals surface area (Å²) >= 11 is 0. The van der Waals surface area contributed by atoms with E-state index in [4.69, 9.17) is 5.11 Å². The quantitative estimate of drug-likeness (QED) is 0.662. The Hall–Kier alpha value is -3.41. The molecular weight excluding hydrogens is 340 g/mol. The van der Waals surface area contributed by atoms with Crippen molar-refractivity contribution in [2.24, 2.45) is 0 Å². The van der Waals surface area contributed by atoms with E-state index in [2.05, 4.69) is 46.2 Å². The highest BCUT2D eigenvalue weighted by molar-refractivity contribution is 5.88. The molecule has 3 aromatic rings. The number of aromatic carboxylic acids is 1. The summed E-state index contributed by atoms with van der Waals surface area (Å²) in [5.41, 5.74) is 4.07. The zero-order chi connectivity index (χ0) is 19.4. The van der Waals surface area contributed by atoms with E-state index < -0.39 is 5.97 Å². The Bertz CT molecular complexity index is 955. The maximum absolute atomic E-state index is 11.0. The van der Waals surface area contributed by atoms with Crippen molar-refractivity contribution in [1.82, 2.24) is 9.97 Å². The smallest absolute Gasteiger partial charge is 0.335 e. The van der Waals surface area contributed by atoms with Crippen LogP contribution in [0.1, 0.15) is 28.5 Å². The van der Waals surface area contributed by atoms with E-state index in [9.17, 15) is 4.79 Å². The van der Waals surface area contributed by atoms with Gasteiger partial charge in [0.05, 0.1) is 5.56 Å². The lowest BCUT2D eigenvalue weighted by Crippen LogP contribution is -2.19. The molecular formula is C21H22N4O2. The van der Waals surface area contributed by atoms with Gasteiger partial charge in [-0.25, -0.2) is 9.78 Å². The molecule has 0 aliphatic heterocycles. The maximum Gasteiger partial charge on any atom is 0.335 e. The molecule has 138 valence electrons. The Morgan fingerprint density at radius 1 is 1.07 bits per heavy atom. The average molecular weight is 362 g/mol. The second kappa shape index (κ2) is 7.86. The summed E-state index contributed by atoms with van der Waals surface area (Å²) in [7, 11) is 0. The van der Waals surface area contributed by atoms with Gasteiger partial charge in [-0.15, -0.1) is 0 Å². The Morgan fingerprint density at radius 2 is 1.81 bits per heavy atom. The van der Waals surface area contributed by atoms with Crippen LogP contribution in [0.15, 0.2) is 54.6 Å². The highest BCUT2D eigenvalue weighted by Crippen LogP contribution is 2.25. The lowest BCUT2D eigenvalue weighted by Gasteiger charge is -2.22. The fourth-order valence-electron chi connectivity index (χ4n) is 2.82. The van der Waals surface area contributed by atoms with Gasteiger partial charge in [0.1, 0.15) is 5.82 Å². The Balaban J connectivity index is 1.90. The molecule has 0 radical (unpaired) electrons. The predicted molar refractivity (Wildman–Crippen MR) is 107 cm³/mol. The number of rotatable bonds is 6. The van der Waals surface area contributed by atoms with Crippen LogP contribution in [0.25, 0.3) is 0 Å². The summed E-state index contributed by atoms with van der Waals surface area (Å²) in [5.74, 6) is 0.331. The second-order valence-electron chi connectivity index (χ2n) is 6.29. The number of carboxylic acids is 1. The highest BCUT2D eigenvalue weighted by Gasteiger charge is 2.13. The van der Waals surface area contributed by atoms with Crippen molar-refractivity contribution in [3.05, 3.63) is 71.4 Å². The van der Waals surface area contributed by atoms with Crippen molar-refractivity contribution in [3.63, 3.8) is 0 Å². The van der Waals surface area contributed by atoms with E-state index in [-0.39, 0.29) is 5.56 Å². The monoisotopic (exact) mass is 362 g/mol. The number of anilines is 4. The van der Waals surface area contributed by atoms with Gasteiger partial charge in [-0.05, 0) is 62.7 Å². The molecule has 0 saturated carbocycles. The fraction of sp³-hybridized carbons (Fsp3) is 0.190. The first-order valence-corrected chi connectivity index (χ1v) is 8.76. The third-order valence-corrected chi connectivity index (χ3v) is 4.12. The van der Waals surface area contributed by atoms with Gasteiger partial charge in [-0.1, -0.05) is 12.1 Å².